The monoisotopic (exact) mass is 345 g/mol. The number of rotatable bonds is 7. The van der Waals surface area contributed by atoms with Gasteiger partial charge in [0.25, 0.3) is 0 Å². The first-order chi connectivity index (χ1) is 12.2. The van der Waals surface area contributed by atoms with Crippen LogP contribution in [0.1, 0.15) is 45.1 Å². The van der Waals surface area contributed by atoms with Crippen LogP contribution in [-0.2, 0) is 16.0 Å². The number of nitrogens with zero attached hydrogens (tertiary/aromatic N) is 1. The summed E-state index contributed by atoms with van der Waals surface area (Å²) in [6.45, 7) is 5.47. The standard InChI is InChI=1S/C20H27NO4/c1-3-24-17-10-9-14(13-18(17)25-4-2)11-12-21-19(22)15-7-5-6-8-16(15)20(21)23/h9-10,13,15-16H,3-8,11-12H2,1-2H3/t15-,16-/m0/s1. The lowest BCUT2D eigenvalue weighted by Gasteiger charge is -2.19. The second-order valence-corrected chi connectivity index (χ2v) is 6.72. The molecule has 1 aliphatic carbocycles. The van der Waals surface area contributed by atoms with Crippen LogP contribution in [0.2, 0.25) is 0 Å². The van der Waals surface area contributed by atoms with Crippen molar-refractivity contribution in [3.63, 3.8) is 0 Å². The summed E-state index contributed by atoms with van der Waals surface area (Å²) in [6, 6.07) is 5.83. The quantitative estimate of drug-likeness (QED) is 0.712. The number of ether oxygens (including phenoxy) is 2. The lowest BCUT2D eigenvalue weighted by atomic mass is 9.81. The predicted molar refractivity (Wildman–Crippen MR) is 94.7 cm³/mol. The Labute approximate surface area is 149 Å². The van der Waals surface area contributed by atoms with Gasteiger partial charge in [-0.3, -0.25) is 14.5 Å². The van der Waals surface area contributed by atoms with E-state index in [9.17, 15) is 9.59 Å². The highest BCUT2D eigenvalue weighted by Gasteiger charge is 2.47. The number of imide groups is 1. The summed E-state index contributed by atoms with van der Waals surface area (Å²) in [6.07, 6.45) is 4.49. The average Bonchev–Trinajstić information content (AvgIpc) is 2.87. The van der Waals surface area contributed by atoms with E-state index in [4.69, 9.17) is 9.47 Å². The SMILES string of the molecule is CCOc1ccc(CCN2C(=O)[C@H]3CCCC[C@@H]3C2=O)cc1OCC. The van der Waals surface area contributed by atoms with E-state index in [0.717, 1.165) is 42.7 Å². The van der Waals surface area contributed by atoms with Gasteiger partial charge in [-0.15, -0.1) is 0 Å². The van der Waals surface area contributed by atoms with Crippen LogP contribution in [0.3, 0.4) is 0 Å². The topological polar surface area (TPSA) is 55.8 Å². The van der Waals surface area contributed by atoms with E-state index < -0.39 is 0 Å². The lowest BCUT2D eigenvalue weighted by molar-refractivity contribution is -0.139. The number of hydrogen-bond acceptors (Lipinski definition) is 4. The molecule has 2 amide bonds. The molecule has 1 aromatic carbocycles. The molecular formula is C20H27NO4. The molecule has 5 heteroatoms. The van der Waals surface area contributed by atoms with Gasteiger partial charge < -0.3 is 9.47 Å². The highest BCUT2D eigenvalue weighted by molar-refractivity contribution is 6.05. The molecule has 2 atom stereocenters. The van der Waals surface area contributed by atoms with Crippen molar-refractivity contribution in [2.75, 3.05) is 19.8 Å². The maximum absolute atomic E-state index is 12.5. The van der Waals surface area contributed by atoms with Crippen LogP contribution in [0, 0.1) is 11.8 Å². The third kappa shape index (κ3) is 3.65. The minimum atomic E-state index is -0.0689. The van der Waals surface area contributed by atoms with E-state index in [2.05, 4.69) is 0 Å². The van der Waals surface area contributed by atoms with Crippen molar-refractivity contribution in [3.8, 4) is 11.5 Å². The van der Waals surface area contributed by atoms with Crippen LogP contribution >= 0.6 is 0 Å². The first-order valence-corrected chi connectivity index (χ1v) is 9.39. The molecule has 25 heavy (non-hydrogen) atoms. The van der Waals surface area contributed by atoms with Crippen molar-refractivity contribution in [2.45, 2.75) is 46.0 Å². The summed E-state index contributed by atoms with van der Waals surface area (Å²) < 4.78 is 11.2. The molecule has 5 nitrogen and oxygen atoms in total. The van der Waals surface area contributed by atoms with Gasteiger partial charge in [-0.2, -0.15) is 0 Å². The zero-order valence-corrected chi connectivity index (χ0v) is 15.1. The zero-order valence-electron chi connectivity index (χ0n) is 15.1. The van der Waals surface area contributed by atoms with Gasteiger partial charge in [0.15, 0.2) is 11.5 Å². The van der Waals surface area contributed by atoms with Gasteiger partial charge in [-0.1, -0.05) is 18.9 Å². The number of amides is 2. The van der Waals surface area contributed by atoms with Gasteiger partial charge in [0.05, 0.1) is 25.0 Å². The van der Waals surface area contributed by atoms with Gasteiger partial charge in [0, 0.05) is 6.54 Å². The van der Waals surface area contributed by atoms with Crippen molar-refractivity contribution in [1.29, 1.82) is 0 Å². The molecule has 2 fully saturated rings. The van der Waals surface area contributed by atoms with Gasteiger partial charge in [-0.05, 0) is 50.8 Å². The normalized spacial score (nSPS) is 22.9. The maximum atomic E-state index is 12.5. The third-order valence-electron chi connectivity index (χ3n) is 5.16. The molecule has 0 spiro atoms. The molecule has 1 aromatic rings. The first-order valence-electron chi connectivity index (χ1n) is 9.39. The molecular weight excluding hydrogens is 318 g/mol. The number of likely N-dealkylation sites (tertiary alicyclic amines) is 1. The smallest absolute Gasteiger partial charge is 0.233 e. The van der Waals surface area contributed by atoms with Crippen LogP contribution in [0.15, 0.2) is 18.2 Å². The molecule has 136 valence electrons. The Balaban J connectivity index is 1.67. The highest BCUT2D eigenvalue weighted by atomic mass is 16.5. The molecule has 0 bridgehead atoms. The van der Waals surface area contributed by atoms with Crippen LogP contribution in [-0.4, -0.2) is 36.5 Å². The van der Waals surface area contributed by atoms with Crippen LogP contribution in [0.5, 0.6) is 11.5 Å². The third-order valence-corrected chi connectivity index (χ3v) is 5.16. The summed E-state index contributed by atoms with van der Waals surface area (Å²) in [5.74, 6) is 1.37. The minimum Gasteiger partial charge on any atom is -0.490 e. The van der Waals surface area contributed by atoms with Gasteiger partial charge in [-0.25, -0.2) is 0 Å². The number of carbonyl (C=O) groups is 2. The van der Waals surface area contributed by atoms with Gasteiger partial charge >= 0.3 is 0 Å². The fraction of sp³-hybridized carbons (Fsp3) is 0.600. The maximum Gasteiger partial charge on any atom is 0.233 e. The second-order valence-electron chi connectivity index (χ2n) is 6.72. The van der Waals surface area contributed by atoms with Gasteiger partial charge in [0.2, 0.25) is 11.8 Å². The Kier molecular flexibility index (Phi) is 5.61. The molecule has 2 aliphatic rings. The Morgan fingerprint density at radius 1 is 0.960 bits per heavy atom. The van der Waals surface area contributed by atoms with E-state index in [1.807, 2.05) is 32.0 Å². The Morgan fingerprint density at radius 2 is 1.56 bits per heavy atom. The van der Waals surface area contributed by atoms with E-state index in [1.165, 1.54) is 4.90 Å². The fourth-order valence-corrected chi connectivity index (χ4v) is 3.94. The second kappa shape index (κ2) is 7.89. The van der Waals surface area contributed by atoms with Crippen molar-refractivity contribution >= 4 is 11.8 Å². The molecule has 1 saturated carbocycles. The molecule has 1 saturated heterocycles. The first kappa shape index (κ1) is 17.8. The average molecular weight is 345 g/mol. The minimum absolute atomic E-state index is 0.0330. The van der Waals surface area contributed by atoms with Gasteiger partial charge in [0.1, 0.15) is 0 Å². The summed E-state index contributed by atoms with van der Waals surface area (Å²) in [5.41, 5.74) is 1.04. The Bertz CT molecular complexity index is 619. The van der Waals surface area contributed by atoms with Crippen molar-refractivity contribution in [3.05, 3.63) is 23.8 Å². The van der Waals surface area contributed by atoms with Crippen molar-refractivity contribution in [2.24, 2.45) is 11.8 Å². The van der Waals surface area contributed by atoms with Crippen LogP contribution < -0.4 is 9.47 Å². The molecule has 1 heterocycles. The molecule has 0 N–H and O–H groups in total. The highest BCUT2D eigenvalue weighted by Crippen LogP contribution is 2.38. The van der Waals surface area contributed by atoms with E-state index >= 15 is 0 Å². The Hall–Kier alpha value is -2.04. The summed E-state index contributed by atoms with van der Waals surface area (Å²) >= 11 is 0. The van der Waals surface area contributed by atoms with E-state index in [0.29, 0.717) is 26.2 Å². The van der Waals surface area contributed by atoms with Crippen molar-refractivity contribution in [1.82, 2.24) is 4.90 Å². The predicted octanol–water partition coefficient (Wildman–Crippen LogP) is 3.20. The Morgan fingerprint density at radius 3 is 2.16 bits per heavy atom. The summed E-state index contributed by atoms with van der Waals surface area (Å²) in [5, 5.41) is 0. The molecule has 0 unspecified atom stereocenters. The van der Waals surface area contributed by atoms with E-state index in [1.54, 1.807) is 0 Å². The number of benzene rings is 1. The lowest BCUT2D eigenvalue weighted by Crippen LogP contribution is -2.33. The molecule has 1 aliphatic heterocycles. The summed E-state index contributed by atoms with van der Waals surface area (Å²) in [7, 11) is 0. The van der Waals surface area contributed by atoms with Crippen LogP contribution in [0.25, 0.3) is 0 Å². The summed E-state index contributed by atoms with van der Waals surface area (Å²) in [4.78, 5) is 26.6. The number of carbonyl (C=O) groups excluding carboxylic acids is 2. The zero-order chi connectivity index (χ0) is 17.8. The van der Waals surface area contributed by atoms with E-state index in [-0.39, 0.29) is 23.7 Å². The number of hydrogen-bond donors (Lipinski definition) is 0. The number of fused-ring (bicyclic) bond motifs is 1. The molecule has 0 radical (unpaired) electrons. The molecule has 3 rings (SSSR count). The largest absolute Gasteiger partial charge is 0.490 e. The fourth-order valence-electron chi connectivity index (χ4n) is 3.94. The van der Waals surface area contributed by atoms with Crippen LogP contribution in [0.4, 0.5) is 0 Å². The molecule has 0 aromatic heterocycles. The van der Waals surface area contributed by atoms with Crippen molar-refractivity contribution < 1.29 is 19.1 Å².